The Labute approximate surface area is 199 Å². The van der Waals surface area contributed by atoms with Crippen LogP contribution in [0.5, 0.6) is 0 Å². The number of pyridine rings is 1. The van der Waals surface area contributed by atoms with Gasteiger partial charge in [-0.2, -0.15) is 0 Å². The second kappa shape index (κ2) is 9.45. The lowest BCUT2D eigenvalue weighted by atomic mass is 9.89. The van der Waals surface area contributed by atoms with Crippen molar-refractivity contribution in [3.8, 4) is 22.3 Å². The van der Waals surface area contributed by atoms with Crippen molar-refractivity contribution < 1.29 is 14.1 Å². The number of rotatable bonds is 6. The van der Waals surface area contributed by atoms with E-state index in [1.165, 1.54) is 32.1 Å². The summed E-state index contributed by atoms with van der Waals surface area (Å²) in [5.41, 5.74) is 7.67. The lowest BCUT2D eigenvalue weighted by Gasteiger charge is -2.22. The topological polar surface area (TPSA) is 70.2 Å². The molecule has 6 heteroatoms. The van der Waals surface area contributed by atoms with E-state index in [0.29, 0.717) is 18.1 Å². The Bertz CT molecular complexity index is 1290. The molecule has 1 aromatic carbocycles. The van der Waals surface area contributed by atoms with Crippen LogP contribution >= 0.6 is 0 Å². The van der Waals surface area contributed by atoms with E-state index in [1.54, 1.807) is 0 Å². The quantitative estimate of drug-likeness (QED) is 0.300. The first-order chi connectivity index (χ1) is 16.5. The second-order valence-corrected chi connectivity index (χ2v) is 9.29. The zero-order valence-electron chi connectivity index (χ0n) is 20.1. The second-order valence-electron chi connectivity index (χ2n) is 9.29. The van der Waals surface area contributed by atoms with Crippen molar-refractivity contribution in [1.82, 2.24) is 14.7 Å². The Hall–Kier alpha value is -3.41. The van der Waals surface area contributed by atoms with Gasteiger partial charge < -0.3 is 13.8 Å². The van der Waals surface area contributed by atoms with Crippen LogP contribution in [-0.4, -0.2) is 27.3 Å². The molecule has 34 heavy (non-hydrogen) atoms. The van der Waals surface area contributed by atoms with Crippen LogP contribution in [0.3, 0.4) is 0 Å². The molecule has 0 bridgehead atoms. The SMILES string of the molecule is CCOC(=O)c1ccc(-c2cn(CC3CCCCC3)c3cc(-c4c(C)noc4C)cnc23)cc1. The number of benzene rings is 1. The van der Waals surface area contributed by atoms with Gasteiger partial charge in [0.05, 0.1) is 28.9 Å². The summed E-state index contributed by atoms with van der Waals surface area (Å²) in [7, 11) is 0. The molecule has 0 saturated heterocycles. The van der Waals surface area contributed by atoms with Gasteiger partial charge in [-0.1, -0.05) is 36.6 Å². The summed E-state index contributed by atoms with van der Waals surface area (Å²) in [5.74, 6) is 1.20. The van der Waals surface area contributed by atoms with Crippen molar-refractivity contribution in [1.29, 1.82) is 0 Å². The molecular formula is C28H31N3O3. The molecule has 3 heterocycles. The van der Waals surface area contributed by atoms with E-state index in [-0.39, 0.29) is 5.97 Å². The number of aromatic nitrogens is 3. The predicted octanol–water partition coefficient (Wildman–Crippen LogP) is 6.73. The molecule has 6 nitrogen and oxygen atoms in total. The van der Waals surface area contributed by atoms with Crippen molar-refractivity contribution in [3.05, 3.63) is 59.7 Å². The summed E-state index contributed by atoms with van der Waals surface area (Å²) in [6.07, 6.45) is 10.7. The van der Waals surface area contributed by atoms with Gasteiger partial charge in [-0.05, 0) is 63.3 Å². The maximum atomic E-state index is 12.1. The van der Waals surface area contributed by atoms with Crippen LogP contribution in [0.15, 0.2) is 47.2 Å². The zero-order valence-corrected chi connectivity index (χ0v) is 20.1. The number of nitrogens with zero attached hydrogens (tertiary/aromatic N) is 3. The Balaban J connectivity index is 1.58. The van der Waals surface area contributed by atoms with Gasteiger partial charge in [-0.25, -0.2) is 4.79 Å². The molecule has 0 unspecified atom stereocenters. The number of carbonyl (C=O) groups is 1. The van der Waals surface area contributed by atoms with E-state index < -0.39 is 0 Å². The molecule has 0 spiro atoms. The summed E-state index contributed by atoms with van der Waals surface area (Å²) < 4.78 is 12.9. The molecule has 0 N–H and O–H groups in total. The average Bonchev–Trinajstić information content (AvgIpc) is 3.38. The molecule has 0 amide bonds. The lowest BCUT2D eigenvalue weighted by molar-refractivity contribution is 0.0526. The van der Waals surface area contributed by atoms with E-state index >= 15 is 0 Å². The number of carbonyl (C=O) groups excluding carboxylic acids is 1. The standard InChI is InChI=1S/C28H31N3O3/c1-4-33-28(32)22-12-10-21(11-13-22)24-17-31(16-20-8-6-5-7-9-20)25-14-23(15-29-27(24)25)26-18(2)30-34-19(26)3/h10-15,17,20H,4-9,16H2,1-3H3. The Morgan fingerprint density at radius 3 is 2.56 bits per heavy atom. The smallest absolute Gasteiger partial charge is 0.338 e. The van der Waals surface area contributed by atoms with Gasteiger partial charge in [0, 0.05) is 35.6 Å². The van der Waals surface area contributed by atoms with E-state index in [1.807, 2.05) is 51.2 Å². The monoisotopic (exact) mass is 457 g/mol. The molecule has 0 aliphatic heterocycles. The third kappa shape index (κ3) is 4.25. The molecule has 0 atom stereocenters. The average molecular weight is 458 g/mol. The minimum absolute atomic E-state index is 0.295. The highest BCUT2D eigenvalue weighted by Gasteiger charge is 2.20. The van der Waals surface area contributed by atoms with Gasteiger partial charge >= 0.3 is 5.97 Å². The summed E-state index contributed by atoms with van der Waals surface area (Å²) in [5, 5.41) is 4.13. The van der Waals surface area contributed by atoms with Gasteiger partial charge in [0.15, 0.2) is 0 Å². The third-order valence-corrected chi connectivity index (χ3v) is 6.93. The van der Waals surface area contributed by atoms with Crippen molar-refractivity contribution in [3.63, 3.8) is 0 Å². The summed E-state index contributed by atoms with van der Waals surface area (Å²) in [6.45, 7) is 7.08. The first-order valence-corrected chi connectivity index (χ1v) is 12.2. The summed E-state index contributed by atoms with van der Waals surface area (Å²) >= 11 is 0. The van der Waals surface area contributed by atoms with Crippen LogP contribution in [0.2, 0.25) is 0 Å². The fourth-order valence-corrected chi connectivity index (χ4v) is 5.21. The van der Waals surface area contributed by atoms with Gasteiger partial charge in [0.2, 0.25) is 0 Å². The van der Waals surface area contributed by atoms with Crippen molar-refractivity contribution in [2.75, 3.05) is 6.61 Å². The fraction of sp³-hybridized carbons (Fsp3) is 0.393. The molecule has 176 valence electrons. The lowest BCUT2D eigenvalue weighted by Crippen LogP contribution is -2.13. The first-order valence-electron chi connectivity index (χ1n) is 12.2. The largest absolute Gasteiger partial charge is 0.462 e. The number of fused-ring (bicyclic) bond motifs is 1. The van der Waals surface area contributed by atoms with E-state index in [4.69, 9.17) is 14.2 Å². The normalized spacial score (nSPS) is 14.6. The maximum Gasteiger partial charge on any atom is 0.338 e. The van der Waals surface area contributed by atoms with Crippen molar-refractivity contribution in [2.24, 2.45) is 5.92 Å². The van der Waals surface area contributed by atoms with E-state index in [2.05, 4.69) is 22.0 Å². The minimum Gasteiger partial charge on any atom is -0.462 e. The van der Waals surface area contributed by atoms with Crippen LogP contribution in [0.25, 0.3) is 33.3 Å². The van der Waals surface area contributed by atoms with Crippen LogP contribution < -0.4 is 0 Å². The van der Waals surface area contributed by atoms with Crippen LogP contribution in [-0.2, 0) is 11.3 Å². The first kappa shape index (κ1) is 22.4. The number of hydrogen-bond donors (Lipinski definition) is 0. The number of ether oxygens (including phenoxy) is 1. The molecule has 3 aromatic heterocycles. The van der Waals surface area contributed by atoms with Gasteiger partial charge in [0.25, 0.3) is 0 Å². The minimum atomic E-state index is -0.295. The van der Waals surface area contributed by atoms with Crippen molar-refractivity contribution in [2.45, 2.75) is 59.4 Å². The number of esters is 1. The molecule has 4 aromatic rings. The van der Waals surface area contributed by atoms with Gasteiger partial charge in [0.1, 0.15) is 5.76 Å². The highest BCUT2D eigenvalue weighted by Crippen LogP contribution is 2.35. The maximum absolute atomic E-state index is 12.1. The number of aryl methyl sites for hydroxylation is 2. The van der Waals surface area contributed by atoms with Gasteiger partial charge in [-0.15, -0.1) is 0 Å². The summed E-state index contributed by atoms with van der Waals surface area (Å²) in [4.78, 5) is 17.0. The zero-order chi connectivity index (χ0) is 23.7. The fourth-order valence-electron chi connectivity index (χ4n) is 5.21. The Morgan fingerprint density at radius 1 is 1.12 bits per heavy atom. The van der Waals surface area contributed by atoms with Gasteiger partial charge in [-0.3, -0.25) is 4.98 Å². The molecule has 1 fully saturated rings. The Morgan fingerprint density at radius 2 is 1.88 bits per heavy atom. The highest BCUT2D eigenvalue weighted by atomic mass is 16.5. The highest BCUT2D eigenvalue weighted by molar-refractivity contribution is 5.96. The van der Waals surface area contributed by atoms with Crippen LogP contribution in [0, 0.1) is 19.8 Å². The Kier molecular flexibility index (Phi) is 6.22. The molecule has 0 radical (unpaired) electrons. The molecule has 5 rings (SSSR count). The molecule has 1 aliphatic rings. The van der Waals surface area contributed by atoms with E-state index in [0.717, 1.165) is 51.3 Å². The molecular weight excluding hydrogens is 426 g/mol. The number of hydrogen-bond acceptors (Lipinski definition) is 5. The molecule has 1 saturated carbocycles. The van der Waals surface area contributed by atoms with Crippen molar-refractivity contribution >= 4 is 17.0 Å². The molecule has 1 aliphatic carbocycles. The predicted molar refractivity (Wildman–Crippen MR) is 133 cm³/mol. The van der Waals surface area contributed by atoms with E-state index in [9.17, 15) is 4.79 Å². The summed E-state index contributed by atoms with van der Waals surface area (Å²) in [6, 6.07) is 9.84. The third-order valence-electron chi connectivity index (χ3n) is 6.93. The van der Waals surface area contributed by atoms with Crippen LogP contribution in [0.1, 0.15) is 60.8 Å². The van der Waals surface area contributed by atoms with Crippen LogP contribution in [0.4, 0.5) is 0 Å².